The Labute approximate surface area is 132 Å². The number of ether oxygens (including phenoxy) is 1. The summed E-state index contributed by atoms with van der Waals surface area (Å²) < 4.78 is 8.43. The van der Waals surface area contributed by atoms with Crippen LogP contribution in [-0.2, 0) is 13.2 Å². The summed E-state index contributed by atoms with van der Waals surface area (Å²) in [6.45, 7) is 6.53. The van der Waals surface area contributed by atoms with Gasteiger partial charge < -0.3 is 10.5 Å². The Balaban J connectivity index is 2.29. The highest BCUT2D eigenvalue weighted by atomic mass is 79.9. The molecule has 0 atom stereocenters. The van der Waals surface area contributed by atoms with Crippen LogP contribution in [0.25, 0.3) is 0 Å². The number of halogens is 1. The van der Waals surface area contributed by atoms with Crippen molar-refractivity contribution in [3.05, 3.63) is 39.6 Å². The van der Waals surface area contributed by atoms with E-state index < -0.39 is 0 Å². The molecule has 0 saturated carbocycles. The number of Topliss-reactive ketones (excluding diaryl/α,β-unsaturated/α-hetero) is 1. The molecule has 21 heavy (non-hydrogen) atoms. The molecule has 1 aromatic heterocycles. The quantitative estimate of drug-likeness (QED) is 0.662. The summed E-state index contributed by atoms with van der Waals surface area (Å²) in [6, 6.07) is 5.41. The van der Waals surface area contributed by atoms with Crippen molar-refractivity contribution in [3.63, 3.8) is 0 Å². The van der Waals surface area contributed by atoms with E-state index in [-0.39, 0.29) is 5.78 Å². The van der Waals surface area contributed by atoms with Crippen LogP contribution in [0.3, 0.4) is 0 Å². The number of rotatable bonds is 5. The third-order valence-corrected chi connectivity index (χ3v) is 3.57. The number of hydrogen-bond acceptors (Lipinski definition) is 4. The third-order valence-electron chi connectivity index (χ3n) is 3.11. The first-order chi connectivity index (χ1) is 9.92. The normalized spacial score (nSPS) is 10.7. The summed E-state index contributed by atoms with van der Waals surface area (Å²) >= 11 is 3.34. The first-order valence-corrected chi connectivity index (χ1v) is 7.47. The van der Waals surface area contributed by atoms with E-state index in [4.69, 9.17) is 10.5 Å². The molecule has 0 spiro atoms. The van der Waals surface area contributed by atoms with E-state index in [1.165, 1.54) is 6.92 Å². The van der Waals surface area contributed by atoms with Crippen molar-refractivity contribution in [2.45, 2.75) is 33.9 Å². The smallest absolute Gasteiger partial charge is 0.163 e. The van der Waals surface area contributed by atoms with E-state index in [9.17, 15) is 4.79 Å². The highest BCUT2D eigenvalue weighted by Crippen LogP contribution is 2.31. The number of anilines is 1. The first kappa shape index (κ1) is 15.6. The topological polar surface area (TPSA) is 70.1 Å². The second-order valence-corrected chi connectivity index (χ2v) is 5.73. The van der Waals surface area contributed by atoms with Gasteiger partial charge in [0.25, 0.3) is 0 Å². The summed E-state index contributed by atoms with van der Waals surface area (Å²) in [5.74, 6) is 0.338. The van der Waals surface area contributed by atoms with Crippen LogP contribution in [0.2, 0.25) is 0 Å². The van der Waals surface area contributed by atoms with Crippen LogP contribution >= 0.6 is 15.9 Å². The number of aryl methyl sites for hydroxylation is 2. The van der Waals surface area contributed by atoms with Gasteiger partial charge in [0.15, 0.2) is 11.5 Å². The Morgan fingerprint density at radius 3 is 2.76 bits per heavy atom. The van der Waals surface area contributed by atoms with Gasteiger partial charge in [-0.15, -0.1) is 0 Å². The average Bonchev–Trinajstić information content (AvgIpc) is 2.77. The van der Waals surface area contributed by atoms with E-state index in [0.29, 0.717) is 23.6 Å². The molecule has 0 bridgehead atoms. The van der Waals surface area contributed by atoms with E-state index in [0.717, 1.165) is 22.4 Å². The predicted octanol–water partition coefficient (Wildman–Crippen LogP) is 3.34. The van der Waals surface area contributed by atoms with Crippen LogP contribution in [0.1, 0.15) is 35.6 Å². The maximum atomic E-state index is 11.7. The van der Waals surface area contributed by atoms with E-state index in [2.05, 4.69) is 21.0 Å². The molecule has 0 unspecified atom stereocenters. The van der Waals surface area contributed by atoms with Gasteiger partial charge >= 0.3 is 0 Å². The minimum absolute atomic E-state index is 0.0850. The lowest BCUT2D eigenvalue weighted by Crippen LogP contribution is -2.09. The molecular weight excluding hydrogens is 334 g/mol. The molecule has 0 aliphatic carbocycles. The van der Waals surface area contributed by atoms with Crippen molar-refractivity contribution >= 4 is 27.4 Å². The maximum absolute atomic E-state index is 11.7. The van der Waals surface area contributed by atoms with Crippen LogP contribution < -0.4 is 10.5 Å². The van der Waals surface area contributed by atoms with Crippen molar-refractivity contribution in [3.8, 4) is 5.75 Å². The highest BCUT2D eigenvalue weighted by Gasteiger charge is 2.15. The monoisotopic (exact) mass is 351 g/mol. The molecule has 2 aromatic rings. The summed E-state index contributed by atoms with van der Waals surface area (Å²) in [6.07, 6.45) is 0. The number of carbonyl (C=O) groups excluding carboxylic acids is 1. The Morgan fingerprint density at radius 1 is 1.43 bits per heavy atom. The summed E-state index contributed by atoms with van der Waals surface area (Å²) in [5, 5.41) is 4.37. The molecule has 1 aromatic carbocycles. The summed E-state index contributed by atoms with van der Waals surface area (Å²) in [5.41, 5.74) is 8.77. The van der Waals surface area contributed by atoms with Gasteiger partial charge in [0.05, 0.1) is 22.6 Å². The van der Waals surface area contributed by atoms with Crippen molar-refractivity contribution < 1.29 is 9.53 Å². The van der Waals surface area contributed by atoms with Gasteiger partial charge in [-0.05, 0) is 39.0 Å². The summed E-state index contributed by atoms with van der Waals surface area (Å²) in [7, 11) is 0. The second kappa shape index (κ2) is 6.30. The Kier molecular flexibility index (Phi) is 4.67. The van der Waals surface area contributed by atoms with Crippen molar-refractivity contribution in [2.24, 2.45) is 0 Å². The van der Waals surface area contributed by atoms with Crippen molar-refractivity contribution in [1.29, 1.82) is 0 Å². The molecule has 112 valence electrons. The van der Waals surface area contributed by atoms with Crippen LogP contribution in [0, 0.1) is 6.92 Å². The highest BCUT2D eigenvalue weighted by molar-refractivity contribution is 9.10. The molecule has 0 aliphatic heterocycles. The lowest BCUT2D eigenvalue weighted by atomic mass is 10.1. The molecule has 2 N–H and O–H groups in total. The zero-order chi connectivity index (χ0) is 15.6. The van der Waals surface area contributed by atoms with Crippen LogP contribution in [0.5, 0.6) is 5.75 Å². The van der Waals surface area contributed by atoms with Gasteiger partial charge in [0.1, 0.15) is 6.61 Å². The van der Waals surface area contributed by atoms with Crippen LogP contribution in [0.4, 0.5) is 5.69 Å². The molecule has 5 nitrogen and oxygen atoms in total. The maximum Gasteiger partial charge on any atom is 0.163 e. The number of ketones is 1. The van der Waals surface area contributed by atoms with Crippen LogP contribution in [-0.4, -0.2) is 15.6 Å². The van der Waals surface area contributed by atoms with Gasteiger partial charge in [-0.3, -0.25) is 9.48 Å². The van der Waals surface area contributed by atoms with E-state index >= 15 is 0 Å². The van der Waals surface area contributed by atoms with Gasteiger partial charge in [-0.2, -0.15) is 5.10 Å². The van der Waals surface area contributed by atoms with Crippen molar-refractivity contribution in [2.75, 3.05) is 5.73 Å². The molecule has 0 amide bonds. The first-order valence-electron chi connectivity index (χ1n) is 6.68. The van der Waals surface area contributed by atoms with E-state index in [1.807, 2.05) is 24.6 Å². The molecule has 0 aliphatic rings. The number of aromatic nitrogens is 2. The number of nitrogen functional groups attached to an aromatic ring is 1. The Morgan fingerprint density at radius 2 is 2.14 bits per heavy atom. The number of carbonyl (C=O) groups is 1. The fourth-order valence-corrected chi connectivity index (χ4v) is 2.65. The second-order valence-electron chi connectivity index (χ2n) is 4.81. The zero-order valence-corrected chi connectivity index (χ0v) is 13.9. The SMILES string of the molecule is CCn1nc(C)cc1COc1c(N)cc(Br)cc1C(C)=O. The molecule has 0 radical (unpaired) electrons. The Hall–Kier alpha value is -1.82. The van der Waals surface area contributed by atoms with Gasteiger partial charge in [0.2, 0.25) is 0 Å². The molecule has 0 saturated heterocycles. The van der Waals surface area contributed by atoms with Gasteiger partial charge in [-0.1, -0.05) is 15.9 Å². The zero-order valence-electron chi connectivity index (χ0n) is 12.3. The standard InChI is InChI=1S/C15H18BrN3O2/c1-4-19-12(5-9(2)18-19)8-21-15-13(10(3)20)6-11(16)7-14(15)17/h5-7H,4,8,17H2,1-3H3. The van der Waals surface area contributed by atoms with E-state index in [1.54, 1.807) is 12.1 Å². The minimum Gasteiger partial charge on any atom is -0.484 e. The van der Waals surface area contributed by atoms with Gasteiger partial charge in [0, 0.05) is 11.0 Å². The van der Waals surface area contributed by atoms with Crippen molar-refractivity contribution in [1.82, 2.24) is 9.78 Å². The van der Waals surface area contributed by atoms with Gasteiger partial charge in [-0.25, -0.2) is 0 Å². The minimum atomic E-state index is -0.0850. The lowest BCUT2D eigenvalue weighted by Gasteiger charge is -2.13. The largest absolute Gasteiger partial charge is 0.484 e. The molecule has 2 rings (SSSR count). The molecular formula is C15H18BrN3O2. The number of nitrogens with two attached hydrogens (primary N) is 1. The fraction of sp³-hybridized carbons (Fsp3) is 0.333. The number of benzene rings is 1. The molecule has 6 heteroatoms. The number of nitrogens with zero attached hydrogens (tertiary/aromatic N) is 2. The molecule has 1 heterocycles. The fourth-order valence-electron chi connectivity index (χ4n) is 2.17. The molecule has 0 fully saturated rings. The van der Waals surface area contributed by atoms with Crippen LogP contribution in [0.15, 0.2) is 22.7 Å². The average molecular weight is 352 g/mol. The number of hydrogen-bond donors (Lipinski definition) is 1. The Bertz CT molecular complexity index is 680. The predicted molar refractivity (Wildman–Crippen MR) is 85.5 cm³/mol. The summed E-state index contributed by atoms with van der Waals surface area (Å²) in [4.78, 5) is 11.7. The lowest BCUT2D eigenvalue weighted by molar-refractivity contribution is 0.101. The third kappa shape index (κ3) is 3.44.